The van der Waals surface area contributed by atoms with E-state index < -0.39 is 5.82 Å². The number of nitrogens with two attached hydrogens (primary N) is 1. The minimum absolute atomic E-state index is 0.0385. The Morgan fingerprint density at radius 3 is 2.71 bits per heavy atom. The number of halogens is 1. The van der Waals surface area contributed by atoms with Gasteiger partial charge in [-0.1, -0.05) is 6.42 Å². The number of hydrogen-bond donors (Lipinski definition) is 2. The lowest BCUT2D eigenvalue weighted by atomic mass is 10.1. The molecule has 2 fully saturated rings. The zero-order valence-electron chi connectivity index (χ0n) is 9.45. The van der Waals surface area contributed by atoms with Gasteiger partial charge in [-0.15, -0.1) is 0 Å². The van der Waals surface area contributed by atoms with Gasteiger partial charge in [-0.3, -0.25) is 4.79 Å². The van der Waals surface area contributed by atoms with E-state index in [0.29, 0.717) is 17.5 Å². The summed E-state index contributed by atoms with van der Waals surface area (Å²) < 4.78 is 13.5. The van der Waals surface area contributed by atoms with Crippen molar-refractivity contribution in [3.63, 3.8) is 0 Å². The zero-order chi connectivity index (χ0) is 12.0. The molecule has 1 amide bonds. The van der Waals surface area contributed by atoms with Crippen LogP contribution in [0.4, 0.5) is 15.8 Å². The van der Waals surface area contributed by atoms with Gasteiger partial charge >= 0.3 is 0 Å². The van der Waals surface area contributed by atoms with Gasteiger partial charge in [-0.05, 0) is 42.9 Å². The number of carbonyl (C=O) groups is 1. The highest BCUT2D eigenvalue weighted by atomic mass is 19.1. The molecular weight excluding hydrogens is 219 g/mol. The molecule has 2 atom stereocenters. The maximum absolute atomic E-state index is 13.5. The van der Waals surface area contributed by atoms with E-state index in [-0.39, 0.29) is 17.5 Å². The summed E-state index contributed by atoms with van der Waals surface area (Å²) in [7, 11) is 0. The molecule has 4 heteroatoms. The summed E-state index contributed by atoms with van der Waals surface area (Å²) in [4.78, 5) is 11.9. The van der Waals surface area contributed by atoms with Crippen molar-refractivity contribution in [3.8, 4) is 0 Å². The average Bonchev–Trinajstić information content (AvgIpc) is 2.77. The predicted molar refractivity (Wildman–Crippen MR) is 63.8 cm³/mol. The molecule has 2 unspecified atom stereocenters. The van der Waals surface area contributed by atoms with Gasteiger partial charge in [0.05, 0.1) is 5.69 Å². The molecule has 2 aliphatic rings. The molecule has 0 saturated heterocycles. The second kappa shape index (κ2) is 3.72. The van der Waals surface area contributed by atoms with E-state index in [0.717, 1.165) is 12.8 Å². The van der Waals surface area contributed by atoms with E-state index in [1.54, 1.807) is 6.07 Å². The number of carbonyl (C=O) groups excluding carboxylic acids is 1. The number of rotatable bonds is 2. The molecule has 2 saturated carbocycles. The third-order valence-electron chi connectivity index (χ3n) is 3.96. The van der Waals surface area contributed by atoms with E-state index in [9.17, 15) is 9.18 Å². The van der Waals surface area contributed by atoms with Gasteiger partial charge in [-0.25, -0.2) is 4.39 Å². The van der Waals surface area contributed by atoms with Crippen molar-refractivity contribution in [2.24, 2.45) is 17.8 Å². The standard InChI is InChI=1S/C13H15FN2O/c14-10-6-7(15)4-5-11(10)16-13(17)12-8-2-1-3-9(8)12/h4-6,8-9,12H,1-3,15H2,(H,16,17). The maximum Gasteiger partial charge on any atom is 0.228 e. The molecule has 0 radical (unpaired) electrons. The van der Waals surface area contributed by atoms with Crippen LogP contribution in [0.25, 0.3) is 0 Å². The molecule has 3 rings (SSSR count). The van der Waals surface area contributed by atoms with Gasteiger partial charge in [0.2, 0.25) is 5.91 Å². The highest BCUT2D eigenvalue weighted by molar-refractivity contribution is 5.95. The van der Waals surface area contributed by atoms with Crippen LogP contribution in [0.15, 0.2) is 18.2 Å². The van der Waals surface area contributed by atoms with Gasteiger partial charge in [-0.2, -0.15) is 0 Å². The molecule has 3 nitrogen and oxygen atoms in total. The molecule has 0 bridgehead atoms. The van der Waals surface area contributed by atoms with Gasteiger partial charge in [0.15, 0.2) is 0 Å². The van der Waals surface area contributed by atoms with Gasteiger partial charge in [0.1, 0.15) is 5.82 Å². The van der Waals surface area contributed by atoms with E-state index in [1.807, 2.05) is 0 Å². The SMILES string of the molecule is Nc1ccc(NC(=O)C2C3CCCC32)c(F)c1. The van der Waals surface area contributed by atoms with Crippen LogP contribution in [-0.4, -0.2) is 5.91 Å². The first-order valence-electron chi connectivity index (χ1n) is 6.02. The summed E-state index contributed by atoms with van der Waals surface area (Å²) in [5.74, 6) is 0.701. The van der Waals surface area contributed by atoms with Gasteiger partial charge in [0.25, 0.3) is 0 Å². The normalized spacial score (nSPS) is 29.8. The molecule has 1 aromatic carbocycles. The molecule has 0 aliphatic heterocycles. The van der Waals surface area contributed by atoms with E-state index in [2.05, 4.69) is 5.32 Å². The first kappa shape index (κ1) is 10.6. The summed E-state index contributed by atoms with van der Waals surface area (Å²) in [6.45, 7) is 0. The lowest BCUT2D eigenvalue weighted by Crippen LogP contribution is -2.17. The number of benzene rings is 1. The largest absolute Gasteiger partial charge is 0.399 e. The van der Waals surface area contributed by atoms with Crippen LogP contribution in [0.1, 0.15) is 19.3 Å². The summed E-state index contributed by atoms with van der Waals surface area (Å²) in [6, 6.07) is 4.33. The molecule has 0 spiro atoms. The van der Waals surface area contributed by atoms with Crippen molar-refractivity contribution < 1.29 is 9.18 Å². The van der Waals surface area contributed by atoms with Crippen LogP contribution in [0.2, 0.25) is 0 Å². The number of anilines is 2. The molecule has 1 aromatic rings. The van der Waals surface area contributed by atoms with Crippen molar-refractivity contribution in [1.82, 2.24) is 0 Å². The number of nitrogens with one attached hydrogen (secondary N) is 1. The van der Waals surface area contributed by atoms with Gasteiger partial charge in [0, 0.05) is 11.6 Å². The van der Waals surface area contributed by atoms with Crippen molar-refractivity contribution in [1.29, 1.82) is 0 Å². The molecular formula is C13H15FN2O. The quantitative estimate of drug-likeness (QED) is 0.772. The monoisotopic (exact) mass is 234 g/mol. The summed E-state index contributed by atoms with van der Waals surface area (Å²) >= 11 is 0. The van der Waals surface area contributed by atoms with Crippen molar-refractivity contribution in [2.75, 3.05) is 11.1 Å². The molecule has 17 heavy (non-hydrogen) atoms. The van der Waals surface area contributed by atoms with Crippen LogP contribution in [0, 0.1) is 23.6 Å². The van der Waals surface area contributed by atoms with Crippen molar-refractivity contribution in [3.05, 3.63) is 24.0 Å². The second-order valence-electron chi connectivity index (χ2n) is 5.01. The van der Waals surface area contributed by atoms with E-state index in [1.165, 1.54) is 18.6 Å². The van der Waals surface area contributed by atoms with Gasteiger partial charge < -0.3 is 11.1 Å². The second-order valence-corrected chi connectivity index (χ2v) is 5.01. The maximum atomic E-state index is 13.5. The Labute approximate surface area is 99.2 Å². The Balaban J connectivity index is 1.69. The van der Waals surface area contributed by atoms with Crippen LogP contribution in [0.3, 0.4) is 0 Å². The Kier molecular flexibility index (Phi) is 2.31. The smallest absolute Gasteiger partial charge is 0.228 e. The fraction of sp³-hybridized carbons (Fsp3) is 0.462. The first-order chi connectivity index (χ1) is 8.16. The predicted octanol–water partition coefficient (Wildman–Crippen LogP) is 2.39. The number of hydrogen-bond acceptors (Lipinski definition) is 2. The third kappa shape index (κ3) is 1.77. The summed E-state index contributed by atoms with van der Waals surface area (Å²) in [6.07, 6.45) is 3.52. The Hall–Kier alpha value is -1.58. The fourth-order valence-electron chi connectivity index (χ4n) is 3.06. The molecule has 0 aromatic heterocycles. The number of amides is 1. The van der Waals surface area contributed by atoms with Crippen molar-refractivity contribution in [2.45, 2.75) is 19.3 Å². The highest BCUT2D eigenvalue weighted by Crippen LogP contribution is 2.57. The first-order valence-corrected chi connectivity index (χ1v) is 6.02. The topological polar surface area (TPSA) is 55.1 Å². The number of nitrogen functional groups attached to an aromatic ring is 1. The number of fused-ring (bicyclic) bond motifs is 1. The molecule has 2 aliphatic carbocycles. The minimum Gasteiger partial charge on any atom is -0.399 e. The molecule has 0 heterocycles. The van der Waals surface area contributed by atoms with Crippen LogP contribution < -0.4 is 11.1 Å². The Morgan fingerprint density at radius 1 is 1.35 bits per heavy atom. The zero-order valence-corrected chi connectivity index (χ0v) is 9.45. The van der Waals surface area contributed by atoms with E-state index in [4.69, 9.17) is 5.73 Å². The average molecular weight is 234 g/mol. The van der Waals surface area contributed by atoms with E-state index >= 15 is 0 Å². The van der Waals surface area contributed by atoms with Crippen LogP contribution in [0.5, 0.6) is 0 Å². The van der Waals surface area contributed by atoms with Crippen LogP contribution in [-0.2, 0) is 4.79 Å². The van der Waals surface area contributed by atoms with Crippen molar-refractivity contribution >= 4 is 17.3 Å². The lowest BCUT2D eigenvalue weighted by molar-refractivity contribution is -0.118. The van der Waals surface area contributed by atoms with Crippen LogP contribution >= 0.6 is 0 Å². The summed E-state index contributed by atoms with van der Waals surface area (Å²) in [5, 5.41) is 2.66. The minimum atomic E-state index is -0.468. The summed E-state index contributed by atoms with van der Waals surface area (Å²) in [5.41, 5.74) is 6.05. The highest BCUT2D eigenvalue weighted by Gasteiger charge is 2.56. The Morgan fingerprint density at radius 2 is 2.06 bits per heavy atom. The fourth-order valence-corrected chi connectivity index (χ4v) is 3.06. The molecule has 3 N–H and O–H groups in total. The Bertz CT molecular complexity index is 464. The lowest BCUT2D eigenvalue weighted by Gasteiger charge is -2.08. The third-order valence-corrected chi connectivity index (χ3v) is 3.96. The molecule has 90 valence electrons.